The predicted molar refractivity (Wildman–Crippen MR) is 113 cm³/mol. The molecule has 170 valence electrons. The number of aromatic nitrogens is 1. The highest BCUT2D eigenvalue weighted by atomic mass is 19.4. The van der Waals surface area contributed by atoms with Crippen LogP contribution in [0.1, 0.15) is 42.3 Å². The standard InChI is InChI=1S/C22H24F3N5O2/c1-13-5-7-16(8-6-13)20-18(29(4)15(3)31)12-30(28-20)21(32)27-14(2)17-9-10-19(26-11-17)22(23,24)25/h5-11,14,18H,12H2,1-4H3,(H,27,32)/t14-,18+/m0/s1. The van der Waals surface area contributed by atoms with Crippen molar-refractivity contribution in [2.24, 2.45) is 5.10 Å². The van der Waals surface area contributed by atoms with E-state index in [4.69, 9.17) is 0 Å². The maximum absolute atomic E-state index is 12.8. The lowest BCUT2D eigenvalue weighted by Crippen LogP contribution is -2.45. The van der Waals surface area contributed by atoms with E-state index >= 15 is 0 Å². The number of alkyl halides is 3. The number of amides is 3. The number of hydrazone groups is 1. The van der Waals surface area contributed by atoms with Crippen LogP contribution in [0.15, 0.2) is 47.7 Å². The third-order valence-electron chi connectivity index (χ3n) is 5.35. The number of rotatable bonds is 4. The molecule has 2 aromatic rings. The van der Waals surface area contributed by atoms with E-state index in [2.05, 4.69) is 15.4 Å². The van der Waals surface area contributed by atoms with Crippen LogP contribution in [0.4, 0.5) is 18.0 Å². The highest BCUT2D eigenvalue weighted by molar-refractivity contribution is 6.07. The number of nitrogens with one attached hydrogen (secondary N) is 1. The first-order chi connectivity index (χ1) is 15.0. The van der Waals surface area contributed by atoms with Crippen LogP contribution in [0.5, 0.6) is 0 Å². The lowest BCUT2D eigenvalue weighted by atomic mass is 10.0. The molecule has 2 atom stereocenters. The highest BCUT2D eigenvalue weighted by Crippen LogP contribution is 2.28. The minimum absolute atomic E-state index is 0.156. The van der Waals surface area contributed by atoms with Crippen LogP contribution in [0.3, 0.4) is 0 Å². The molecule has 3 amide bonds. The molecular weight excluding hydrogens is 423 g/mol. The van der Waals surface area contributed by atoms with Crippen molar-refractivity contribution in [3.8, 4) is 0 Å². The molecule has 0 saturated heterocycles. The van der Waals surface area contributed by atoms with Crippen molar-refractivity contribution < 1.29 is 22.8 Å². The Morgan fingerprint density at radius 2 is 1.84 bits per heavy atom. The molecule has 1 N–H and O–H groups in total. The Labute approximate surface area is 183 Å². The van der Waals surface area contributed by atoms with Crippen LogP contribution in [0.2, 0.25) is 0 Å². The van der Waals surface area contributed by atoms with E-state index in [0.29, 0.717) is 11.3 Å². The van der Waals surface area contributed by atoms with Crippen molar-refractivity contribution in [2.45, 2.75) is 39.0 Å². The zero-order valence-corrected chi connectivity index (χ0v) is 18.1. The molecular formula is C22H24F3N5O2. The molecule has 1 aliphatic heterocycles. The number of pyridine rings is 1. The third-order valence-corrected chi connectivity index (χ3v) is 5.35. The quantitative estimate of drug-likeness (QED) is 0.776. The van der Waals surface area contributed by atoms with Gasteiger partial charge in [0, 0.05) is 20.2 Å². The molecule has 0 aliphatic carbocycles. The van der Waals surface area contributed by atoms with Crippen molar-refractivity contribution in [2.75, 3.05) is 13.6 Å². The van der Waals surface area contributed by atoms with Gasteiger partial charge in [0.2, 0.25) is 5.91 Å². The van der Waals surface area contributed by atoms with Crippen LogP contribution < -0.4 is 5.32 Å². The Morgan fingerprint density at radius 1 is 1.19 bits per heavy atom. The maximum Gasteiger partial charge on any atom is 0.433 e. The molecule has 0 radical (unpaired) electrons. The molecule has 2 heterocycles. The summed E-state index contributed by atoms with van der Waals surface area (Å²) in [5.41, 5.74) is 1.87. The van der Waals surface area contributed by atoms with Gasteiger partial charge in [-0.25, -0.2) is 9.80 Å². The molecule has 0 unspecified atom stereocenters. The highest BCUT2D eigenvalue weighted by Gasteiger charge is 2.35. The summed E-state index contributed by atoms with van der Waals surface area (Å²) >= 11 is 0. The van der Waals surface area contributed by atoms with Gasteiger partial charge in [-0.2, -0.15) is 18.3 Å². The van der Waals surface area contributed by atoms with Gasteiger partial charge in [0.05, 0.1) is 24.3 Å². The molecule has 3 rings (SSSR count). The average molecular weight is 447 g/mol. The Bertz CT molecular complexity index is 1020. The first kappa shape index (κ1) is 23.2. The number of hydrogen-bond acceptors (Lipinski definition) is 4. The summed E-state index contributed by atoms with van der Waals surface area (Å²) in [4.78, 5) is 29.7. The molecule has 0 bridgehead atoms. The van der Waals surface area contributed by atoms with E-state index in [1.807, 2.05) is 31.2 Å². The topological polar surface area (TPSA) is 77.9 Å². The van der Waals surface area contributed by atoms with Gasteiger partial charge in [-0.05, 0) is 31.0 Å². The van der Waals surface area contributed by atoms with Gasteiger partial charge in [-0.3, -0.25) is 9.78 Å². The van der Waals surface area contributed by atoms with Crippen LogP contribution >= 0.6 is 0 Å². The maximum atomic E-state index is 12.8. The van der Waals surface area contributed by atoms with Crippen LogP contribution in [0, 0.1) is 6.92 Å². The summed E-state index contributed by atoms with van der Waals surface area (Å²) in [6.07, 6.45) is -3.44. The van der Waals surface area contributed by atoms with Gasteiger partial charge in [0.1, 0.15) is 5.69 Å². The molecule has 32 heavy (non-hydrogen) atoms. The van der Waals surface area contributed by atoms with Gasteiger partial charge >= 0.3 is 12.2 Å². The van der Waals surface area contributed by atoms with E-state index in [0.717, 1.165) is 23.4 Å². The van der Waals surface area contributed by atoms with E-state index in [1.165, 1.54) is 22.9 Å². The second-order valence-corrected chi connectivity index (χ2v) is 7.72. The normalized spacial score (nSPS) is 17.0. The van der Waals surface area contributed by atoms with Gasteiger partial charge < -0.3 is 10.2 Å². The SMILES string of the molecule is CC(=O)N(C)[C@@H]1CN(C(=O)N[C@@H](C)c2ccc(C(F)(F)F)nc2)N=C1c1ccc(C)cc1. The molecule has 1 aliphatic rings. The van der Waals surface area contributed by atoms with Gasteiger partial charge in [0.15, 0.2) is 0 Å². The van der Waals surface area contributed by atoms with Crippen molar-refractivity contribution in [1.82, 2.24) is 20.2 Å². The first-order valence-corrected chi connectivity index (χ1v) is 9.97. The number of likely N-dealkylation sites (N-methyl/N-ethyl adjacent to an activating group) is 1. The number of benzene rings is 1. The van der Waals surface area contributed by atoms with E-state index < -0.39 is 30.0 Å². The Balaban J connectivity index is 1.78. The lowest BCUT2D eigenvalue weighted by Gasteiger charge is -2.25. The van der Waals surface area contributed by atoms with E-state index in [9.17, 15) is 22.8 Å². The van der Waals surface area contributed by atoms with Crippen LogP contribution in [-0.4, -0.2) is 52.2 Å². The largest absolute Gasteiger partial charge is 0.433 e. The number of halogens is 3. The Morgan fingerprint density at radius 3 is 2.38 bits per heavy atom. The summed E-state index contributed by atoms with van der Waals surface area (Å²) in [7, 11) is 1.65. The fourth-order valence-electron chi connectivity index (χ4n) is 3.29. The number of aryl methyl sites for hydroxylation is 1. The van der Waals surface area contributed by atoms with Crippen molar-refractivity contribution >= 4 is 17.6 Å². The van der Waals surface area contributed by atoms with Crippen molar-refractivity contribution in [1.29, 1.82) is 0 Å². The minimum Gasteiger partial charge on any atom is -0.335 e. The number of carbonyl (C=O) groups is 2. The summed E-state index contributed by atoms with van der Waals surface area (Å²) < 4.78 is 38.1. The monoisotopic (exact) mass is 447 g/mol. The summed E-state index contributed by atoms with van der Waals surface area (Å²) in [5.74, 6) is -0.165. The number of hydrogen-bond donors (Lipinski definition) is 1. The molecule has 1 aromatic heterocycles. The van der Waals surface area contributed by atoms with Crippen LogP contribution in [0.25, 0.3) is 0 Å². The fraction of sp³-hybridized carbons (Fsp3) is 0.364. The summed E-state index contributed by atoms with van der Waals surface area (Å²) in [6, 6.07) is 8.21. The minimum atomic E-state index is -4.53. The average Bonchev–Trinajstić information content (AvgIpc) is 3.18. The second-order valence-electron chi connectivity index (χ2n) is 7.72. The summed E-state index contributed by atoms with van der Waals surface area (Å²) in [5, 5.41) is 8.40. The van der Waals surface area contributed by atoms with Crippen molar-refractivity contribution in [3.63, 3.8) is 0 Å². The fourth-order valence-corrected chi connectivity index (χ4v) is 3.29. The van der Waals surface area contributed by atoms with Gasteiger partial charge in [-0.15, -0.1) is 0 Å². The predicted octanol–water partition coefficient (Wildman–Crippen LogP) is 3.75. The zero-order valence-electron chi connectivity index (χ0n) is 18.1. The molecule has 0 saturated carbocycles. The van der Waals surface area contributed by atoms with E-state index in [-0.39, 0.29) is 12.5 Å². The van der Waals surface area contributed by atoms with Crippen LogP contribution in [-0.2, 0) is 11.0 Å². The summed E-state index contributed by atoms with van der Waals surface area (Å²) in [6.45, 7) is 5.19. The van der Waals surface area contributed by atoms with Gasteiger partial charge in [0.25, 0.3) is 0 Å². The number of nitrogens with zero attached hydrogens (tertiary/aromatic N) is 4. The van der Waals surface area contributed by atoms with Gasteiger partial charge in [-0.1, -0.05) is 35.9 Å². The zero-order chi connectivity index (χ0) is 23.6. The molecule has 10 heteroatoms. The van der Waals surface area contributed by atoms with Crippen molar-refractivity contribution in [3.05, 3.63) is 65.0 Å². The number of carbonyl (C=O) groups excluding carboxylic acids is 2. The first-order valence-electron chi connectivity index (χ1n) is 9.97. The van der Waals surface area contributed by atoms with E-state index in [1.54, 1.807) is 14.0 Å². The molecule has 0 fully saturated rings. The number of urea groups is 1. The smallest absolute Gasteiger partial charge is 0.335 e. The lowest BCUT2D eigenvalue weighted by molar-refractivity contribution is -0.141. The molecule has 7 nitrogen and oxygen atoms in total. The Hall–Kier alpha value is -3.43. The third kappa shape index (κ3) is 5.06. The second kappa shape index (κ2) is 8.97. The molecule has 0 spiro atoms. The Kier molecular flexibility index (Phi) is 6.52. The molecule has 1 aromatic carbocycles.